The predicted octanol–water partition coefficient (Wildman–Crippen LogP) is 3.13. The van der Waals surface area contributed by atoms with E-state index in [1.54, 1.807) is 29.5 Å². The summed E-state index contributed by atoms with van der Waals surface area (Å²) in [7, 11) is -2.32. The molecular weight excluding hydrogens is 378 g/mol. The van der Waals surface area contributed by atoms with Crippen LogP contribution >= 0.6 is 22.7 Å². The zero-order valence-corrected chi connectivity index (χ0v) is 15.7. The van der Waals surface area contributed by atoms with Gasteiger partial charge in [-0.1, -0.05) is 24.3 Å². The molecule has 0 saturated heterocycles. The summed E-state index contributed by atoms with van der Waals surface area (Å²) < 4.78 is 25.8. The van der Waals surface area contributed by atoms with Crippen molar-refractivity contribution in [3.05, 3.63) is 53.2 Å². The highest BCUT2D eigenvalue weighted by Crippen LogP contribution is 2.28. The molecule has 0 spiro atoms. The topological polar surface area (TPSA) is 79.4 Å². The zero-order valence-electron chi connectivity index (χ0n) is 13.2. The molecule has 6 nitrogen and oxygen atoms in total. The van der Waals surface area contributed by atoms with E-state index in [9.17, 15) is 13.2 Å². The minimum Gasteiger partial charge on any atom is -0.301 e. The van der Waals surface area contributed by atoms with E-state index < -0.39 is 15.9 Å². The van der Waals surface area contributed by atoms with Crippen molar-refractivity contribution >= 4 is 43.7 Å². The number of sulfonamides is 1. The van der Waals surface area contributed by atoms with Crippen LogP contribution in [0.2, 0.25) is 0 Å². The van der Waals surface area contributed by atoms with Crippen LogP contribution in [0.4, 0.5) is 5.13 Å². The monoisotopic (exact) mass is 393 g/mol. The van der Waals surface area contributed by atoms with E-state index in [1.807, 2.05) is 22.9 Å². The average molecular weight is 394 g/mol. The van der Waals surface area contributed by atoms with Crippen molar-refractivity contribution in [2.75, 3.05) is 18.9 Å². The molecule has 2 aromatic heterocycles. The van der Waals surface area contributed by atoms with Gasteiger partial charge >= 0.3 is 0 Å². The van der Waals surface area contributed by atoms with Crippen molar-refractivity contribution < 1.29 is 13.2 Å². The van der Waals surface area contributed by atoms with Crippen LogP contribution in [0.5, 0.6) is 0 Å². The summed E-state index contributed by atoms with van der Waals surface area (Å²) in [6.45, 7) is -0.287. The quantitative estimate of drug-likeness (QED) is 0.698. The van der Waals surface area contributed by atoms with Gasteiger partial charge in [-0.2, -0.15) is 4.31 Å². The molecule has 0 atom stereocenters. The number of benzene rings is 1. The number of nitrogens with zero attached hydrogens (tertiary/aromatic N) is 2. The summed E-state index contributed by atoms with van der Waals surface area (Å²) in [5.41, 5.74) is 0.792. The summed E-state index contributed by atoms with van der Waals surface area (Å²) >= 11 is 2.87. The smallest absolute Gasteiger partial charge is 0.243 e. The molecule has 0 aliphatic carbocycles. The van der Waals surface area contributed by atoms with Gasteiger partial charge in [0.15, 0.2) is 5.13 Å². The van der Waals surface area contributed by atoms with Gasteiger partial charge in [0.25, 0.3) is 0 Å². The van der Waals surface area contributed by atoms with Crippen LogP contribution in [0.15, 0.2) is 58.1 Å². The second-order valence-electron chi connectivity index (χ2n) is 5.14. The minimum atomic E-state index is -3.70. The molecule has 1 N–H and O–H groups in total. The Bertz CT molecular complexity index is 951. The third-order valence-electron chi connectivity index (χ3n) is 3.34. The lowest BCUT2D eigenvalue weighted by atomic mass is 10.4. The highest BCUT2D eigenvalue weighted by Gasteiger charge is 2.23. The van der Waals surface area contributed by atoms with Gasteiger partial charge in [-0.25, -0.2) is 13.4 Å². The van der Waals surface area contributed by atoms with E-state index >= 15 is 0 Å². The Morgan fingerprint density at radius 1 is 1.16 bits per heavy atom. The summed E-state index contributed by atoms with van der Waals surface area (Å²) in [6.07, 6.45) is 0. The summed E-state index contributed by atoms with van der Waals surface area (Å²) in [5, 5.41) is 6.90. The molecule has 9 heteroatoms. The van der Waals surface area contributed by atoms with Crippen molar-refractivity contribution in [2.24, 2.45) is 0 Å². The lowest BCUT2D eigenvalue weighted by Gasteiger charge is -2.16. The number of carbonyl (C=O) groups excluding carboxylic acids is 1. The third-order valence-corrected chi connectivity index (χ3v) is 6.81. The molecule has 1 amide bonds. The van der Waals surface area contributed by atoms with Crippen LogP contribution in [0.3, 0.4) is 0 Å². The van der Waals surface area contributed by atoms with Crippen LogP contribution in [0, 0.1) is 0 Å². The molecule has 0 aliphatic heterocycles. The number of anilines is 1. The first-order chi connectivity index (χ1) is 12.0. The van der Waals surface area contributed by atoms with E-state index in [-0.39, 0.29) is 11.4 Å². The number of hydrogen-bond acceptors (Lipinski definition) is 6. The molecule has 3 rings (SSSR count). The third kappa shape index (κ3) is 4.13. The molecule has 0 saturated carbocycles. The molecule has 25 heavy (non-hydrogen) atoms. The molecule has 0 fully saturated rings. The maximum atomic E-state index is 12.4. The number of thiazole rings is 1. The van der Waals surface area contributed by atoms with Crippen molar-refractivity contribution in [1.82, 2.24) is 9.29 Å². The first kappa shape index (κ1) is 17.7. The van der Waals surface area contributed by atoms with Gasteiger partial charge in [0.05, 0.1) is 22.0 Å². The first-order valence-electron chi connectivity index (χ1n) is 7.27. The van der Waals surface area contributed by atoms with Gasteiger partial charge in [0, 0.05) is 12.4 Å². The van der Waals surface area contributed by atoms with E-state index in [0.29, 0.717) is 5.13 Å². The number of carbonyl (C=O) groups is 1. The molecule has 1 aromatic carbocycles. The summed E-state index contributed by atoms with van der Waals surface area (Å²) in [6, 6.07) is 11.9. The second-order valence-corrected chi connectivity index (χ2v) is 8.99. The van der Waals surface area contributed by atoms with Crippen LogP contribution < -0.4 is 5.32 Å². The fourth-order valence-corrected chi connectivity index (χ4v) is 4.72. The normalized spacial score (nSPS) is 11.6. The maximum Gasteiger partial charge on any atom is 0.243 e. The maximum absolute atomic E-state index is 12.4. The average Bonchev–Trinajstić information content (AvgIpc) is 3.26. The van der Waals surface area contributed by atoms with E-state index in [0.717, 1.165) is 14.9 Å². The lowest BCUT2D eigenvalue weighted by Crippen LogP contribution is -2.34. The van der Waals surface area contributed by atoms with Gasteiger partial charge in [0.1, 0.15) is 0 Å². The van der Waals surface area contributed by atoms with Gasteiger partial charge < -0.3 is 5.32 Å². The van der Waals surface area contributed by atoms with E-state index in [2.05, 4.69) is 10.3 Å². The van der Waals surface area contributed by atoms with E-state index in [1.165, 1.54) is 30.5 Å². The SMILES string of the molecule is CN(CC(=O)Nc1nc(-c2cccs2)cs1)S(=O)(=O)c1ccccc1. The predicted molar refractivity (Wildman–Crippen MR) is 100 cm³/mol. The van der Waals surface area contributed by atoms with Crippen molar-refractivity contribution in [3.63, 3.8) is 0 Å². The van der Waals surface area contributed by atoms with Gasteiger partial charge in [-0.05, 0) is 23.6 Å². The Hall–Kier alpha value is -2.07. The summed E-state index contributed by atoms with van der Waals surface area (Å²) in [4.78, 5) is 17.7. The fraction of sp³-hybridized carbons (Fsp3) is 0.125. The molecule has 3 aromatic rings. The second kappa shape index (κ2) is 7.44. The Morgan fingerprint density at radius 3 is 2.60 bits per heavy atom. The Labute approximate surface area is 153 Å². The number of hydrogen-bond donors (Lipinski definition) is 1. The Balaban J connectivity index is 1.64. The van der Waals surface area contributed by atoms with Crippen LogP contribution in [-0.4, -0.2) is 37.2 Å². The standard InChI is InChI=1S/C16H15N3O3S3/c1-19(25(21,22)12-6-3-2-4-7-12)10-15(20)18-16-17-13(11-24-16)14-8-5-9-23-14/h2-9,11H,10H2,1H3,(H,17,18,20). The lowest BCUT2D eigenvalue weighted by molar-refractivity contribution is -0.116. The first-order valence-corrected chi connectivity index (χ1v) is 10.5. The van der Waals surface area contributed by atoms with Crippen LogP contribution in [0.1, 0.15) is 0 Å². The number of rotatable bonds is 6. The molecule has 0 radical (unpaired) electrons. The molecule has 2 heterocycles. The van der Waals surface area contributed by atoms with Crippen molar-refractivity contribution in [2.45, 2.75) is 4.90 Å². The Kier molecular flexibility index (Phi) is 5.28. The largest absolute Gasteiger partial charge is 0.301 e. The number of aromatic nitrogens is 1. The number of nitrogens with one attached hydrogen (secondary N) is 1. The minimum absolute atomic E-state index is 0.152. The van der Waals surface area contributed by atoms with Gasteiger partial charge in [-0.3, -0.25) is 4.79 Å². The van der Waals surface area contributed by atoms with Crippen LogP contribution in [0.25, 0.3) is 10.6 Å². The van der Waals surface area contributed by atoms with E-state index in [4.69, 9.17) is 0 Å². The molecule has 0 unspecified atom stereocenters. The zero-order chi connectivity index (χ0) is 17.9. The van der Waals surface area contributed by atoms with Gasteiger partial charge in [0.2, 0.25) is 15.9 Å². The van der Waals surface area contributed by atoms with Crippen molar-refractivity contribution in [3.8, 4) is 10.6 Å². The number of thiophene rings is 1. The number of likely N-dealkylation sites (N-methyl/N-ethyl adjacent to an activating group) is 1. The van der Waals surface area contributed by atoms with Crippen LogP contribution in [-0.2, 0) is 14.8 Å². The Morgan fingerprint density at radius 2 is 1.92 bits per heavy atom. The molecule has 130 valence electrons. The van der Waals surface area contributed by atoms with Crippen molar-refractivity contribution in [1.29, 1.82) is 0 Å². The highest BCUT2D eigenvalue weighted by atomic mass is 32.2. The van der Waals surface area contributed by atoms with Gasteiger partial charge in [-0.15, -0.1) is 22.7 Å². The number of amides is 1. The molecular formula is C16H15N3O3S3. The summed E-state index contributed by atoms with van der Waals surface area (Å²) in [5.74, 6) is -0.436. The molecule has 0 bridgehead atoms. The fourth-order valence-electron chi connectivity index (χ4n) is 2.09. The highest BCUT2D eigenvalue weighted by molar-refractivity contribution is 7.89. The molecule has 0 aliphatic rings.